The number of carbonyl (C=O) groups excluding carboxylic acids is 2. The minimum absolute atomic E-state index is 0.231. The van der Waals surface area contributed by atoms with Gasteiger partial charge in [-0.15, -0.1) is 11.3 Å². The van der Waals surface area contributed by atoms with Crippen LogP contribution in [0.2, 0.25) is 0 Å². The highest BCUT2D eigenvalue weighted by Gasteiger charge is 2.25. The molecule has 0 saturated heterocycles. The number of nitrogens with zero attached hydrogens (tertiary/aromatic N) is 2. The second-order valence-corrected chi connectivity index (χ2v) is 6.81. The first kappa shape index (κ1) is 17.9. The Balaban J connectivity index is 1.86. The number of Topliss-reactive ketones (excluding diaryl/α,β-unsaturated/α-hetero) is 1. The molecule has 1 aromatic carbocycles. The van der Waals surface area contributed by atoms with Crippen molar-refractivity contribution in [1.82, 2.24) is 9.55 Å². The van der Waals surface area contributed by atoms with E-state index in [2.05, 4.69) is 4.98 Å². The van der Waals surface area contributed by atoms with Crippen LogP contribution in [0.1, 0.15) is 32.5 Å². The van der Waals surface area contributed by atoms with Crippen LogP contribution < -0.4 is 5.56 Å². The summed E-state index contributed by atoms with van der Waals surface area (Å²) in [6.45, 7) is 3.09. The van der Waals surface area contributed by atoms with Gasteiger partial charge in [0, 0.05) is 12.6 Å². The monoisotopic (exact) mass is 374 g/mol. The van der Waals surface area contributed by atoms with Gasteiger partial charge < -0.3 is 9.30 Å². The summed E-state index contributed by atoms with van der Waals surface area (Å²) in [6, 6.07) is 5.00. The van der Waals surface area contributed by atoms with E-state index in [9.17, 15) is 18.8 Å². The summed E-state index contributed by atoms with van der Waals surface area (Å²) >= 11 is 1.05. The minimum atomic E-state index is -1.05. The van der Waals surface area contributed by atoms with Crippen LogP contribution in [-0.4, -0.2) is 27.4 Å². The molecule has 3 aromatic rings. The fraction of sp³-hybridized carbons (Fsp3) is 0.222. The Morgan fingerprint density at radius 1 is 1.27 bits per heavy atom. The molecule has 0 saturated carbocycles. The highest BCUT2D eigenvalue weighted by molar-refractivity contribution is 7.20. The Kier molecular flexibility index (Phi) is 4.69. The maximum Gasteiger partial charge on any atom is 0.349 e. The quantitative estimate of drug-likeness (QED) is 0.518. The largest absolute Gasteiger partial charge is 0.450 e. The average Bonchev–Trinajstić information content (AvgIpc) is 2.95. The van der Waals surface area contributed by atoms with E-state index in [1.807, 2.05) is 0 Å². The Morgan fingerprint density at radius 3 is 2.58 bits per heavy atom. The molecule has 26 heavy (non-hydrogen) atoms. The van der Waals surface area contributed by atoms with Crippen LogP contribution >= 0.6 is 11.3 Å². The second kappa shape index (κ2) is 6.80. The molecular weight excluding hydrogens is 359 g/mol. The molecule has 0 radical (unpaired) electrons. The van der Waals surface area contributed by atoms with Crippen molar-refractivity contribution >= 4 is 33.3 Å². The molecule has 0 unspecified atom stereocenters. The topological polar surface area (TPSA) is 78.3 Å². The standard InChI is InChI=1S/C18H15FN2O4S/c1-9-13-16(20-8-21(3)17(13)23)26-15(9)18(24)25-10(2)14(22)11-4-6-12(19)7-5-11/h4-8,10H,1-3H3/t10-/m0/s1. The van der Waals surface area contributed by atoms with Crippen molar-refractivity contribution in [2.45, 2.75) is 20.0 Å². The maximum atomic E-state index is 13.0. The molecule has 6 nitrogen and oxygen atoms in total. The minimum Gasteiger partial charge on any atom is -0.450 e. The molecule has 0 aliphatic rings. The van der Waals surface area contributed by atoms with Crippen LogP contribution in [0.15, 0.2) is 35.4 Å². The Bertz CT molecular complexity index is 1070. The van der Waals surface area contributed by atoms with Crippen LogP contribution in [0, 0.1) is 12.7 Å². The number of rotatable bonds is 4. The number of hydrogen-bond donors (Lipinski definition) is 0. The first-order chi connectivity index (χ1) is 12.3. The summed E-state index contributed by atoms with van der Waals surface area (Å²) in [5.41, 5.74) is 0.471. The van der Waals surface area contributed by atoms with Crippen molar-refractivity contribution in [3.8, 4) is 0 Å². The predicted molar refractivity (Wildman–Crippen MR) is 95.2 cm³/mol. The van der Waals surface area contributed by atoms with Crippen LogP contribution in [0.4, 0.5) is 4.39 Å². The van der Waals surface area contributed by atoms with Gasteiger partial charge in [0.05, 0.1) is 11.7 Å². The predicted octanol–water partition coefficient (Wildman–Crippen LogP) is 2.87. The molecule has 0 N–H and O–H groups in total. The lowest BCUT2D eigenvalue weighted by Gasteiger charge is -2.12. The number of ether oxygens (including phenoxy) is 1. The van der Waals surface area contributed by atoms with Gasteiger partial charge in [0.15, 0.2) is 6.10 Å². The van der Waals surface area contributed by atoms with Crippen molar-refractivity contribution in [3.05, 3.63) is 62.8 Å². The molecule has 2 heterocycles. The van der Waals surface area contributed by atoms with E-state index in [1.165, 1.54) is 42.1 Å². The third-order valence-electron chi connectivity index (χ3n) is 3.98. The Labute approximate surface area is 151 Å². The van der Waals surface area contributed by atoms with E-state index in [1.54, 1.807) is 14.0 Å². The molecule has 0 aliphatic carbocycles. The van der Waals surface area contributed by atoms with E-state index in [-0.39, 0.29) is 16.0 Å². The number of hydrogen-bond acceptors (Lipinski definition) is 6. The van der Waals surface area contributed by atoms with Gasteiger partial charge >= 0.3 is 5.97 Å². The zero-order valence-electron chi connectivity index (χ0n) is 14.3. The zero-order valence-corrected chi connectivity index (χ0v) is 15.1. The summed E-state index contributed by atoms with van der Waals surface area (Å²) in [6.07, 6.45) is 0.338. The molecule has 2 aromatic heterocycles. The van der Waals surface area contributed by atoms with Crippen molar-refractivity contribution < 1.29 is 18.7 Å². The molecule has 3 rings (SSSR count). The van der Waals surface area contributed by atoms with Gasteiger partial charge in [-0.05, 0) is 43.7 Å². The summed E-state index contributed by atoms with van der Waals surface area (Å²) in [4.78, 5) is 41.8. The van der Waals surface area contributed by atoms with Gasteiger partial charge in [-0.1, -0.05) is 0 Å². The van der Waals surface area contributed by atoms with Gasteiger partial charge in [0.2, 0.25) is 5.78 Å². The summed E-state index contributed by atoms with van der Waals surface area (Å²) in [5, 5.41) is 0.365. The van der Waals surface area contributed by atoms with E-state index >= 15 is 0 Å². The normalized spacial score (nSPS) is 12.2. The first-order valence-corrected chi connectivity index (χ1v) is 8.56. The number of halogens is 1. The summed E-state index contributed by atoms with van der Waals surface area (Å²) < 4.78 is 19.5. The van der Waals surface area contributed by atoms with Gasteiger partial charge in [0.1, 0.15) is 15.5 Å². The highest BCUT2D eigenvalue weighted by atomic mass is 32.1. The van der Waals surface area contributed by atoms with Crippen LogP contribution in [0.25, 0.3) is 10.2 Å². The van der Waals surface area contributed by atoms with Gasteiger partial charge in [0.25, 0.3) is 5.56 Å². The summed E-state index contributed by atoms with van der Waals surface area (Å²) in [5.74, 6) is -1.59. The average molecular weight is 374 g/mol. The molecule has 0 bridgehead atoms. The lowest BCUT2D eigenvalue weighted by molar-refractivity contribution is 0.0323. The molecule has 0 aliphatic heterocycles. The molecule has 1 atom stereocenters. The molecule has 0 amide bonds. The number of aromatic nitrogens is 2. The van der Waals surface area contributed by atoms with Gasteiger partial charge in [-0.2, -0.15) is 0 Å². The second-order valence-electron chi connectivity index (χ2n) is 5.82. The van der Waals surface area contributed by atoms with Crippen molar-refractivity contribution in [3.63, 3.8) is 0 Å². The molecule has 0 spiro atoms. The molecule has 0 fully saturated rings. The Hall–Kier alpha value is -2.87. The van der Waals surface area contributed by atoms with E-state index in [0.717, 1.165) is 11.3 Å². The van der Waals surface area contributed by atoms with E-state index in [4.69, 9.17) is 4.74 Å². The lowest BCUT2D eigenvalue weighted by Crippen LogP contribution is -2.24. The molecular formula is C18H15FN2O4S. The van der Waals surface area contributed by atoms with E-state index < -0.39 is 23.7 Å². The van der Waals surface area contributed by atoms with Crippen LogP contribution in [-0.2, 0) is 11.8 Å². The smallest absolute Gasteiger partial charge is 0.349 e. The SMILES string of the molecule is Cc1c(C(=O)O[C@@H](C)C(=O)c2ccc(F)cc2)sc2ncn(C)c(=O)c12. The van der Waals surface area contributed by atoms with Crippen LogP contribution in [0.3, 0.4) is 0 Å². The third kappa shape index (κ3) is 3.15. The Morgan fingerprint density at radius 2 is 1.92 bits per heavy atom. The highest BCUT2D eigenvalue weighted by Crippen LogP contribution is 2.27. The molecule has 8 heteroatoms. The zero-order chi connectivity index (χ0) is 19.0. The van der Waals surface area contributed by atoms with Crippen LogP contribution in [0.5, 0.6) is 0 Å². The van der Waals surface area contributed by atoms with E-state index in [0.29, 0.717) is 15.8 Å². The van der Waals surface area contributed by atoms with Crippen molar-refractivity contribution in [2.75, 3.05) is 0 Å². The van der Waals surface area contributed by atoms with Crippen molar-refractivity contribution in [2.24, 2.45) is 7.05 Å². The fourth-order valence-electron chi connectivity index (χ4n) is 2.52. The number of aryl methyl sites for hydroxylation is 2. The number of benzene rings is 1. The maximum absolute atomic E-state index is 13.0. The first-order valence-electron chi connectivity index (χ1n) is 7.75. The van der Waals surface area contributed by atoms with Crippen molar-refractivity contribution in [1.29, 1.82) is 0 Å². The number of carbonyl (C=O) groups is 2. The van der Waals surface area contributed by atoms with Gasteiger partial charge in [-0.25, -0.2) is 14.2 Å². The fourth-order valence-corrected chi connectivity index (χ4v) is 3.54. The number of fused-ring (bicyclic) bond motifs is 1. The molecule has 134 valence electrons. The number of thiophene rings is 1. The number of esters is 1. The van der Waals surface area contributed by atoms with Gasteiger partial charge in [-0.3, -0.25) is 9.59 Å². The lowest BCUT2D eigenvalue weighted by atomic mass is 10.1. The number of ketones is 1. The third-order valence-corrected chi connectivity index (χ3v) is 5.16. The summed E-state index contributed by atoms with van der Waals surface area (Å²) in [7, 11) is 1.58.